The Kier molecular flexibility index (Phi) is 6.81. The van der Waals surface area contributed by atoms with E-state index < -0.39 is 0 Å². The summed E-state index contributed by atoms with van der Waals surface area (Å²) in [5.74, 6) is 1.09. The van der Waals surface area contributed by atoms with E-state index in [0.29, 0.717) is 6.54 Å². The van der Waals surface area contributed by atoms with Crippen LogP contribution in [0.15, 0.2) is 42.5 Å². The van der Waals surface area contributed by atoms with Crippen molar-refractivity contribution in [2.24, 2.45) is 0 Å². The van der Waals surface area contributed by atoms with Gasteiger partial charge in [0.1, 0.15) is 12.3 Å². The number of benzene rings is 2. The molecular formula is C22H29ClN3O2+. The number of rotatable bonds is 6. The fraction of sp³-hybridized carbons (Fsp3) is 0.409. The van der Waals surface area contributed by atoms with Gasteiger partial charge in [0.05, 0.1) is 14.2 Å². The van der Waals surface area contributed by atoms with E-state index in [4.69, 9.17) is 16.3 Å². The fourth-order valence-electron chi connectivity index (χ4n) is 3.69. The molecule has 0 bridgehead atoms. The lowest BCUT2D eigenvalue weighted by Crippen LogP contribution is -3.09. The number of quaternary nitrogens is 1. The van der Waals surface area contributed by atoms with Gasteiger partial charge in [-0.15, -0.1) is 0 Å². The highest BCUT2D eigenvalue weighted by Gasteiger charge is 2.24. The first-order chi connectivity index (χ1) is 13.5. The molecule has 6 heteroatoms. The van der Waals surface area contributed by atoms with Crippen molar-refractivity contribution in [1.82, 2.24) is 4.90 Å². The number of aryl methyl sites for hydroxylation is 1. The molecule has 150 valence electrons. The molecule has 1 atom stereocenters. The molecule has 2 aromatic rings. The predicted octanol–water partition coefficient (Wildman–Crippen LogP) is 2.02. The second-order valence-electron chi connectivity index (χ2n) is 7.47. The van der Waals surface area contributed by atoms with Gasteiger partial charge in [-0.25, -0.2) is 0 Å². The number of amides is 1. The summed E-state index contributed by atoms with van der Waals surface area (Å²) >= 11 is 6.10. The van der Waals surface area contributed by atoms with Gasteiger partial charge in [-0.2, -0.15) is 0 Å². The summed E-state index contributed by atoms with van der Waals surface area (Å²) in [6.07, 6.45) is 0. The van der Waals surface area contributed by atoms with Crippen molar-refractivity contribution < 1.29 is 14.4 Å². The normalized spacial score (nSPS) is 15.4. The summed E-state index contributed by atoms with van der Waals surface area (Å²) in [5.41, 5.74) is 3.46. The van der Waals surface area contributed by atoms with Crippen molar-refractivity contribution >= 4 is 23.2 Å². The molecule has 2 aromatic carbocycles. The van der Waals surface area contributed by atoms with Crippen LogP contribution in [-0.2, 0) is 11.3 Å². The van der Waals surface area contributed by atoms with Crippen LogP contribution in [0.25, 0.3) is 0 Å². The third kappa shape index (κ3) is 5.18. The van der Waals surface area contributed by atoms with Crippen LogP contribution in [0, 0.1) is 6.92 Å². The number of methoxy groups -OCH3 is 1. The Morgan fingerprint density at radius 2 is 1.89 bits per heavy atom. The molecule has 0 aliphatic carbocycles. The van der Waals surface area contributed by atoms with E-state index in [-0.39, 0.29) is 5.91 Å². The lowest BCUT2D eigenvalue weighted by molar-refractivity contribution is -0.885. The van der Waals surface area contributed by atoms with Gasteiger partial charge in [-0.1, -0.05) is 29.3 Å². The Balaban J connectivity index is 1.52. The third-order valence-corrected chi connectivity index (χ3v) is 5.42. The Labute approximate surface area is 172 Å². The maximum Gasteiger partial charge on any atom is 0.277 e. The molecule has 5 nitrogen and oxygen atoms in total. The number of carbonyl (C=O) groups excluding carboxylic acids is 1. The minimum Gasteiger partial charge on any atom is -0.496 e. The molecular weight excluding hydrogens is 374 g/mol. The van der Waals surface area contributed by atoms with Gasteiger partial charge in [0.15, 0.2) is 6.54 Å². The molecule has 3 rings (SSSR count). The van der Waals surface area contributed by atoms with Crippen LogP contribution in [0.2, 0.25) is 5.02 Å². The highest BCUT2D eigenvalue weighted by atomic mass is 35.5. The smallest absolute Gasteiger partial charge is 0.277 e. The summed E-state index contributed by atoms with van der Waals surface area (Å²) in [7, 11) is 3.75. The zero-order chi connectivity index (χ0) is 20.1. The van der Waals surface area contributed by atoms with Crippen molar-refractivity contribution in [2.75, 3.05) is 51.8 Å². The number of hydrogen-bond donors (Lipinski definition) is 1. The SMILES string of the molecule is COc1ccc(C)cc1C[NH+](C)CC(=O)N1CCN(c2cccc(Cl)c2)CC1. The zero-order valence-corrected chi connectivity index (χ0v) is 17.6. The maximum atomic E-state index is 12.8. The highest BCUT2D eigenvalue weighted by Crippen LogP contribution is 2.21. The zero-order valence-electron chi connectivity index (χ0n) is 16.9. The molecule has 0 radical (unpaired) electrons. The molecule has 1 amide bonds. The maximum absolute atomic E-state index is 12.8. The number of halogens is 1. The average Bonchev–Trinajstić information content (AvgIpc) is 2.68. The van der Waals surface area contributed by atoms with Crippen molar-refractivity contribution in [3.63, 3.8) is 0 Å². The number of carbonyl (C=O) groups is 1. The largest absolute Gasteiger partial charge is 0.496 e. The summed E-state index contributed by atoms with van der Waals surface area (Å²) in [5, 5.41) is 0.743. The van der Waals surface area contributed by atoms with Gasteiger partial charge < -0.3 is 19.4 Å². The Hall–Kier alpha value is -2.24. The van der Waals surface area contributed by atoms with Gasteiger partial charge in [0.2, 0.25) is 0 Å². The van der Waals surface area contributed by atoms with E-state index in [2.05, 4.69) is 31.0 Å². The Morgan fingerprint density at radius 3 is 2.57 bits per heavy atom. The van der Waals surface area contributed by atoms with Crippen molar-refractivity contribution in [3.05, 3.63) is 58.6 Å². The third-order valence-electron chi connectivity index (χ3n) is 5.19. The number of anilines is 1. The van der Waals surface area contributed by atoms with Gasteiger partial charge in [-0.3, -0.25) is 4.79 Å². The van der Waals surface area contributed by atoms with Gasteiger partial charge in [-0.05, 0) is 37.3 Å². The van der Waals surface area contributed by atoms with Gasteiger partial charge in [0.25, 0.3) is 5.91 Å². The second kappa shape index (κ2) is 9.30. The van der Waals surface area contributed by atoms with E-state index in [1.807, 2.05) is 35.2 Å². The molecule has 0 aromatic heterocycles. The molecule has 28 heavy (non-hydrogen) atoms. The monoisotopic (exact) mass is 402 g/mol. The van der Waals surface area contributed by atoms with Crippen LogP contribution in [0.3, 0.4) is 0 Å². The Morgan fingerprint density at radius 1 is 1.14 bits per heavy atom. The quantitative estimate of drug-likeness (QED) is 0.803. The van der Waals surface area contributed by atoms with Crippen LogP contribution < -0.4 is 14.5 Å². The summed E-state index contributed by atoms with van der Waals surface area (Å²) in [6, 6.07) is 14.1. The molecule has 0 spiro atoms. The number of piperazine rings is 1. The van der Waals surface area contributed by atoms with Crippen LogP contribution in [0.5, 0.6) is 5.75 Å². The molecule has 1 N–H and O–H groups in total. The van der Waals surface area contributed by atoms with Crippen molar-refractivity contribution in [1.29, 1.82) is 0 Å². The number of nitrogens with zero attached hydrogens (tertiary/aromatic N) is 2. The molecule has 1 fully saturated rings. The fourth-order valence-corrected chi connectivity index (χ4v) is 3.87. The van der Waals surface area contributed by atoms with Gasteiger partial charge >= 0.3 is 0 Å². The number of likely N-dealkylation sites (N-methyl/N-ethyl adjacent to an activating group) is 1. The first-order valence-electron chi connectivity index (χ1n) is 9.69. The van der Waals surface area contributed by atoms with Gasteiger partial charge in [0, 0.05) is 42.5 Å². The van der Waals surface area contributed by atoms with Crippen LogP contribution >= 0.6 is 11.6 Å². The van der Waals surface area contributed by atoms with Crippen LogP contribution in [0.4, 0.5) is 5.69 Å². The van der Waals surface area contributed by atoms with E-state index in [9.17, 15) is 4.79 Å². The minimum atomic E-state index is 0.204. The van der Waals surface area contributed by atoms with E-state index in [1.165, 1.54) is 5.56 Å². The van der Waals surface area contributed by atoms with Crippen molar-refractivity contribution in [2.45, 2.75) is 13.5 Å². The summed E-state index contributed by atoms with van der Waals surface area (Å²) in [6.45, 7) is 6.46. The van der Waals surface area contributed by atoms with Crippen LogP contribution in [-0.4, -0.2) is 57.7 Å². The number of hydrogen-bond acceptors (Lipinski definition) is 3. The van der Waals surface area contributed by atoms with E-state index in [0.717, 1.165) is 59.6 Å². The molecule has 1 aliphatic heterocycles. The predicted molar refractivity (Wildman–Crippen MR) is 113 cm³/mol. The first kappa shape index (κ1) is 20.5. The molecule has 1 saturated heterocycles. The molecule has 1 aliphatic rings. The Bertz CT molecular complexity index is 819. The van der Waals surface area contributed by atoms with E-state index >= 15 is 0 Å². The average molecular weight is 403 g/mol. The number of ether oxygens (including phenoxy) is 1. The summed E-state index contributed by atoms with van der Waals surface area (Å²) in [4.78, 5) is 18.2. The standard InChI is InChI=1S/C22H28ClN3O2/c1-17-7-8-21(28-3)18(13-17)15-24(2)16-22(27)26-11-9-25(10-12-26)20-6-4-5-19(23)14-20/h4-8,13-14H,9-12,15-16H2,1-3H3/p+1. The molecule has 0 saturated carbocycles. The molecule has 1 unspecified atom stereocenters. The topological polar surface area (TPSA) is 37.2 Å². The lowest BCUT2D eigenvalue weighted by Gasteiger charge is -2.36. The highest BCUT2D eigenvalue weighted by molar-refractivity contribution is 6.30. The summed E-state index contributed by atoms with van der Waals surface area (Å²) < 4.78 is 5.46. The van der Waals surface area contributed by atoms with Crippen LogP contribution in [0.1, 0.15) is 11.1 Å². The minimum absolute atomic E-state index is 0.204. The first-order valence-corrected chi connectivity index (χ1v) is 10.1. The second-order valence-corrected chi connectivity index (χ2v) is 7.91. The molecule has 1 heterocycles. The van der Waals surface area contributed by atoms with Crippen molar-refractivity contribution in [3.8, 4) is 5.75 Å². The lowest BCUT2D eigenvalue weighted by atomic mass is 10.1. The van der Waals surface area contributed by atoms with E-state index in [1.54, 1.807) is 7.11 Å². The number of nitrogens with one attached hydrogen (secondary N) is 1.